The van der Waals surface area contributed by atoms with Crippen LogP contribution in [0, 0.1) is 11.3 Å². The Hall–Kier alpha value is -1.21. The topological polar surface area (TPSA) is 18.5 Å². The maximum atomic E-state index is 6.25. The van der Waals surface area contributed by atoms with Gasteiger partial charge in [-0.1, -0.05) is 74.5 Å². The summed E-state index contributed by atoms with van der Waals surface area (Å²) < 4.78 is 12.5. The lowest BCUT2D eigenvalue weighted by molar-refractivity contribution is -0.295. The first kappa shape index (κ1) is 18.2. The molecule has 1 aliphatic carbocycles. The van der Waals surface area contributed by atoms with Gasteiger partial charge >= 0.3 is 0 Å². The first-order valence-electron chi connectivity index (χ1n) is 9.71. The molecule has 0 aromatic heterocycles. The minimum Gasteiger partial charge on any atom is -0.349 e. The molecule has 26 heavy (non-hydrogen) atoms. The molecule has 3 heteroatoms. The van der Waals surface area contributed by atoms with Gasteiger partial charge in [-0.3, -0.25) is 0 Å². The number of rotatable bonds is 4. The summed E-state index contributed by atoms with van der Waals surface area (Å²) in [5.74, 6) is 0.358. The van der Waals surface area contributed by atoms with E-state index in [9.17, 15) is 0 Å². The van der Waals surface area contributed by atoms with Gasteiger partial charge in [0.15, 0.2) is 5.79 Å². The van der Waals surface area contributed by atoms with Crippen molar-refractivity contribution in [2.24, 2.45) is 11.3 Å². The van der Waals surface area contributed by atoms with Gasteiger partial charge in [-0.2, -0.15) is 0 Å². The number of hydrogen-bond acceptors (Lipinski definition) is 2. The largest absolute Gasteiger partial charge is 0.349 e. The molecule has 2 fully saturated rings. The first-order chi connectivity index (χ1) is 12.6. The van der Waals surface area contributed by atoms with Crippen LogP contribution in [0.5, 0.6) is 0 Å². The zero-order chi connectivity index (χ0) is 18.0. The Morgan fingerprint density at radius 1 is 0.885 bits per heavy atom. The van der Waals surface area contributed by atoms with Gasteiger partial charge in [0.05, 0.1) is 13.2 Å². The van der Waals surface area contributed by atoms with Crippen molar-refractivity contribution in [1.29, 1.82) is 0 Å². The van der Waals surface area contributed by atoms with Crippen LogP contribution >= 0.6 is 7.92 Å². The third-order valence-electron chi connectivity index (χ3n) is 5.56. The van der Waals surface area contributed by atoms with E-state index in [1.54, 1.807) is 0 Å². The normalized spacial score (nSPS) is 24.2. The van der Waals surface area contributed by atoms with E-state index >= 15 is 0 Å². The lowest BCUT2D eigenvalue weighted by Gasteiger charge is -2.41. The smallest absolute Gasteiger partial charge is 0.168 e. The summed E-state index contributed by atoms with van der Waals surface area (Å²) in [4.78, 5) is 0. The van der Waals surface area contributed by atoms with Crippen molar-refractivity contribution in [3.05, 3.63) is 60.7 Å². The second-order valence-corrected chi connectivity index (χ2v) is 10.8. The van der Waals surface area contributed by atoms with Gasteiger partial charge in [0.1, 0.15) is 0 Å². The van der Waals surface area contributed by atoms with Crippen molar-refractivity contribution < 1.29 is 9.47 Å². The van der Waals surface area contributed by atoms with Crippen LogP contribution in [0.1, 0.15) is 33.1 Å². The summed E-state index contributed by atoms with van der Waals surface area (Å²) in [5, 5.41) is 2.95. The molecule has 2 nitrogen and oxygen atoms in total. The van der Waals surface area contributed by atoms with Crippen LogP contribution < -0.4 is 10.6 Å². The Kier molecular flexibility index (Phi) is 5.19. The molecular weight excluding hydrogens is 339 g/mol. The fraction of sp³-hybridized carbons (Fsp3) is 0.478. The Morgan fingerprint density at radius 2 is 1.42 bits per heavy atom. The minimum atomic E-state index is -0.330. The van der Waals surface area contributed by atoms with Gasteiger partial charge in [0.25, 0.3) is 0 Å². The predicted molar refractivity (Wildman–Crippen MR) is 110 cm³/mol. The van der Waals surface area contributed by atoms with Crippen molar-refractivity contribution in [2.75, 3.05) is 19.4 Å². The molecule has 1 aliphatic heterocycles. The molecule has 2 aromatic rings. The summed E-state index contributed by atoms with van der Waals surface area (Å²) in [5.41, 5.74) is 0.143. The van der Waals surface area contributed by atoms with E-state index in [2.05, 4.69) is 74.5 Å². The van der Waals surface area contributed by atoms with Crippen molar-refractivity contribution >= 4 is 18.5 Å². The Labute approximate surface area is 158 Å². The zero-order valence-corrected chi connectivity index (χ0v) is 16.8. The van der Waals surface area contributed by atoms with Crippen LogP contribution in [0.3, 0.4) is 0 Å². The summed E-state index contributed by atoms with van der Waals surface area (Å²) >= 11 is 0. The third-order valence-corrected chi connectivity index (χ3v) is 8.29. The van der Waals surface area contributed by atoms with Crippen molar-refractivity contribution in [3.63, 3.8) is 0 Å². The quantitative estimate of drug-likeness (QED) is 0.729. The molecule has 0 bridgehead atoms. The van der Waals surface area contributed by atoms with Crippen molar-refractivity contribution in [3.8, 4) is 0 Å². The minimum absolute atomic E-state index is 0.143. The summed E-state index contributed by atoms with van der Waals surface area (Å²) in [7, 11) is -0.330. The molecule has 0 N–H and O–H groups in total. The Bertz CT molecular complexity index is 664. The summed E-state index contributed by atoms with van der Waals surface area (Å²) in [6.45, 7) is 6.06. The molecule has 4 rings (SSSR count). The molecule has 0 radical (unpaired) electrons. The standard InChI is InChI=1S/C23H29O2P/c1-22(2)17-24-23(25-18-22)14-13-19(15-23)16-26(20-9-5-3-6-10-20)21-11-7-4-8-12-21/h3-12,19H,13-18H2,1-2H3. The van der Waals surface area contributed by atoms with Crippen molar-refractivity contribution in [2.45, 2.75) is 38.9 Å². The van der Waals surface area contributed by atoms with Gasteiger partial charge in [0, 0.05) is 18.3 Å². The average molecular weight is 368 g/mol. The highest BCUT2D eigenvalue weighted by Crippen LogP contribution is 2.47. The lowest BCUT2D eigenvalue weighted by atomic mass is 9.94. The molecule has 138 valence electrons. The summed E-state index contributed by atoms with van der Waals surface area (Å²) in [6.07, 6.45) is 4.52. The highest BCUT2D eigenvalue weighted by Gasteiger charge is 2.46. The molecule has 1 spiro atoms. The lowest BCUT2D eigenvalue weighted by Crippen LogP contribution is -2.46. The monoisotopic (exact) mass is 368 g/mol. The number of benzene rings is 2. The molecule has 1 saturated heterocycles. The Balaban J connectivity index is 1.49. The van der Waals surface area contributed by atoms with Crippen LogP contribution in [0.25, 0.3) is 0 Å². The molecule has 1 atom stereocenters. The van der Waals surface area contributed by atoms with Gasteiger partial charge in [-0.25, -0.2) is 0 Å². The van der Waals surface area contributed by atoms with Crippen LogP contribution in [-0.2, 0) is 9.47 Å². The maximum Gasteiger partial charge on any atom is 0.168 e. The molecule has 0 amide bonds. The van der Waals surface area contributed by atoms with E-state index < -0.39 is 0 Å². The fourth-order valence-electron chi connectivity index (χ4n) is 4.06. The Morgan fingerprint density at radius 3 is 1.96 bits per heavy atom. The first-order valence-corrected chi connectivity index (χ1v) is 11.2. The van der Waals surface area contributed by atoms with Crippen LogP contribution in [-0.4, -0.2) is 25.2 Å². The molecule has 1 saturated carbocycles. The van der Waals surface area contributed by atoms with E-state index in [0.717, 1.165) is 26.1 Å². The van der Waals surface area contributed by atoms with Crippen molar-refractivity contribution in [1.82, 2.24) is 0 Å². The van der Waals surface area contributed by atoms with E-state index in [1.165, 1.54) is 23.2 Å². The van der Waals surface area contributed by atoms with E-state index in [0.29, 0.717) is 5.92 Å². The van der Waals surface area contributed by atoms with Crippen LogP contribution in [0.15, 0.2) is 60.7 Å². The van der Waals surface area contributed by atoms with E-state index in [1.807, 2.05) is 0 Å². The van der Waals surface area contributed by atoms with Gasteiger partial charge < -0.3 is 9.47 Å². The zero-order valence-electron chi connectivity index (χ0n) is 15.9. The van der Waals surface area contributed by atoms with Crippen LogP contribution in [0.2, 0.25) is 0 Å². The average Bonchev–Trinajstić information content (AvgIpc) is 3.07. The fourth-order valence-corrected chi connectivity index (χ4v) is 6.67. The second-order valence-electron chi connectivity index (χ2n) is 8.54. The molecule has 1 heterocycles. The molecule has 1 unspecified atom stereocenters. The third kappa shape index (κ3) is 4.03. The van der Waals surface area contributed by atoms with Gasteiger partial charge in [-0.05, 0) is 37.0 Å². The number of hydrogen-bond donors (Lipinski definition) is 0. The summed E-state index contributed by atoms with van der Waals surface area (Å²) in [6, 6.07) is 22.0. The molecule has 2 aromatic carbocycles. The SMILES string of the molecule is CC1(C)COC2(CCC(CP(c3ccccc3)c3ccccc3)C2)OC1. The maximum absolute atomic E-state index is 6.25. The number of ether oxygens (including phenoxy) is 2. The van der Waals surface area contributed by atoms with E-state index in [4.69, 9.17) is 9.47 Å². The van der Waals surface area contributed by atoms with Crippen LogP contribution in [0.4, 0.5) is 0 Å². The molecular formula is C23H29O2P. The highest BCUT2D eigenvalue weighted by atomic mass is 31.1. The second kappa shape index (κ2) is 7.43. The van der Waals surface area contributed by atoms with Gasteiger partial charge in [-0.15, -0.1) is 0 Å². The molecule has 2 aliphatic rings. The highest BCUT2D eigenvalue weighted by molar-refractivity contribution is 7.73. The van der Waals surface area contributed by atoms with Gasteiger partial charge in [0.2, 0.25) is 0 Å². The van der Waals surface area contributed by atoms with E-state index in [-0.39, 0.29) is 19.1 Å². The predicted octanol–water partition coefficient (Wildman–Crippen LogP) is 4.69.